The van der Waals surface area contributed by atoms with Crippen LogP contribution in [0.1, 0.15) is 24.8 Å². The average Bonchev–Trinajstić information content (AvgIpc) is 2.36. The number of carbonyl (C=O) groups is 1. The molecule has 100 valence electrons. The monoisotopic (exact) mass is 251 g/mol. The van der Waals surface area contributed by atoms with Crippen LogP contribution in [-0.2, 0) is 4.79 Å². The Morgan fingerprint density at radius 3 is 2.94 bits per heavy atom. The van der Waals surface area contributed by atoms with Crippen molar-refractivity contribution >= 4 is 5.91 Å². The molecule has 0 aliphatic rings. The van der Waals surface area contributed by atoms with Crippen LogP contribution in [0.15, 0.2) is 24.3 Å². The van der Waals surface area contributed by atoms with Crippen LogP contribution in [0, 0.1) is 6.92 Å². The highest BCUT2D eigenvalue weighted by molar-refractivity contribution is 5.75. The second-order valence-electron chi connectivity index (χ2n) is 4.20. The minimum Gasteiger partial charge on any atom is -0.494 e. The fourth-order valence-corrected chi connectivity index (χ4v) is 1.57. The molecule has 0 spiro atoms. The maximum absolute atomic E-state index is 11.2. The summed E-state index contributed by atoms with van der Waals surface area (Å²) in [6.07, 6.45) is 2.13. The molecule has 1 aromatic carbocycles. The summed E-state index contributed by atoms with van der Waals surface area (Å²) in [5.41, 5.74) is 1.18. The molecule has 1 amide bonds. The van der Waals surface area contributed by atoms with Gasteiger partial charge in [-0.2, -0.15) is 0 Å². The van der Waals surface area contributed by atoms with E-state index in [0.717, 1.165) is 18.6 Å². The zero-order chi connectivity index (χ0) is 13.2. The Bertz CT molecular complexity index is 366. The summed E-state index contributed by atoms with van der Waals surface area (Å²) in [6.45, 7) is 2.97. The molecule has 0 bridgehead atoms. The molecule has 0 unspecified atom stereocenters. The van der Waals surface area contributed by atoms with Gasteiger partial charge in [-0.25, -0.2) is 0 Å². The third-order valence-electron chi connectivity index (χ3n) is 2.49. The second-order valence-corrected chi connectivity index (χ2v) is 4.20. The predicted octanol–water partition coefficient (Wildman–Crippen LogP) is 1.65. The molecule has 0 saturated carbocycles. The van der Waals surface area contributed by atoms with Crippen LogP contribution in [0.4, 0.5) is 0 Å². The lowest BCUT2D eigenvalue weighted by Gasteiger charge is -2.07. The van der Waals surface area contributed by atoms with Crippen LogP contribution in [0.2, 0.25) is 0 Å². The minimum absolute atomic E-state index is 0.0117. The zero-order valence-electron chi connectivity index (χ0n) is 10.8. The molecule has 0 fully saturated rings. The Hall–Kier alpha value is -1.55. The molecule has 0 atom stereocenters. The first kappa shape index (κ1) is 14.5. The van der Waals surface area contributed by atoms with E-state index in [2.05, 4.69) is 5.32 Å². The normalized spacial score (nSPS) is 10.1. The number of aryl methyl sites for hydroxylation is 1. The molecule has 2 N–H and O–H groups in total. The van der Waals surface area contributed by atoms with Gasteiger partial charge in [-0.1, -0.05) is 12.1 Å². The summed E-state index contributed by atoms with van der Waals surface area (Å²) in [6, 6.07) is 7.92. The summed E-state index contributed by atoms with van der Waals surface area (Å²) in [4.78, 5) is 11.2. The van der Waals surface area contributed by atoms with E-state index in [0.29, 0.717) is 19.6 Å². The third-order valence-corrected chi connectivity index (χ3v) is 2.49. The number of hydrogen-bond donors (Lipinski definition) is 2. The fourth-order valence-electron chi connectivity index (χ4n) is 1.57. The van der Waals surface area contributed by atoms with Crippen molar-refractivity contribution in [2.45, 2.75) is 26.2 Å². The summed E-state index contributed by atoms with van der Waals surface area (Å²) < 4.78 is 5.58. The lowest BCUT2D eigenvalue weighted by molar-refractivity contribution is -0.121. The predicted molar refractivity (Wildman–Crippen MR) is 70.6 cm³/mol. The van der Waals surface area contributed by atoms with E-state index in [1.165, 1.54) is 5.56 Å². The Morgan fingerprint density at radius 1 is 1.39 bits per heavy atom. The largest absolute Gasteiger partial charge is 0.494 e. The molecule has 0 saturated heterocycles. The lowest BCUT2D eigenvalue weighted by Crippen LogP contribution is -2.26. The first-order chi connectivity index (χ1) is 8.72. The molecular weight excluding hydrogens is 230 g/mol. The van der Waals surface area contributed by atoms with Gasteiger partial charge in [-0.05, 0) is 37.5 Å². The molecular formula is C14H21NO3. The number of ether oxygens (including phenoxy) is 1. The standard InChI is InChI=1S/C14H21NO3/c1-12-5-4-6-13(11-12)18-10-3-2-7-14(17)15-8-9-16/h4-6,11,16H,2-3,7-10H2,1H3,(H,15,17). The van der Waals surface area contributed by atoms with Gasteiger partial charge in [-0.15, -0.1) is 0 Å². The van der Waals surface area contributed by atoms with Gasteiger partial charge in [0.1, 0.15) is 5.75 Å². The van der Waals surface area contributed by atoms with E-state index >= 15 is 0 Å². The first-order valence-corrected chi connectivity index (χ1v) is 6.29. The van der Waals surface area contributed by atoms with Crippen LogP contribution < -0.4 is 10.1 Å². The molecule has 1 rings (SSSR count). The van der Waals surface area contributed by atoms with E-state index < -0.39 is 0 Å². The lowest BCUT2D eigenvalue weighted by atomic mass is 10.2. The van der Waals surface area contributed by atoms with Gasteiger partial charge in [0.05, 0.1) is 13.2 Å². The number of hydrogen-bond acceptors (Lipinski definition) is 3. The Kier molecular flexibility index (Phi) is 6.87. The third kappa shape index (κ3) is 6.25. The summed E-state index contributed by atoms with van der Waals surface area (Å²) in [7, 11) is 0. The average molecular weight is 251 g/mol. The SMILES string of the molecule is Cc1cccc(OCCCCC(=O)NCCO)c1. The van der Waals surface area contributed by atoms with Crippen LogP contribution in [0.3, 0.4) is 0 Å². The highest BCUT2D eigenvalue weighted by atomic mass is 16.5. The van der Waals surface area contributed by atoms with Crippen molar-refractivity contribution in [1.29, 1.82) is 0 Å². The molecule has 0 aliphatic carbocycles. The highest BCUT2D eigenvalue weighted by Gasteiger charge is 2.00. The van der Waals surface area contributed by atoms with Gasteiger partial charge in [-0.3, -0.25) is 4.79 Å². The van der Waals surface area contributed by atoms with Crippen molar-refractivity contribution in [3.8, 4) is 5.75 Å². The molecule has 0 aromatic heterocycles. The number of aliphatic hydroxyl groups is 1. The van der Waals surface area contributed by atoms with Crippen molar-refractivity contribution in [2.24, 2.45) is 0 Å². The molecule has 18 heavy (non-hydrogen) atoms. The molecule has 1 aromatic rings. The van der Waals surface area contributed by atoms with Crippen molar-refractivity contribution in [2.75, 3.05) is 19.8 Å². The number of rotatable bonds is 8. The van der Waals surface area contributed by atoms with Gasteiger partial charge in [0, 0.05) is 13.0 Å². The molecule has 0 radical (unpaired) electrons. The van der Waals surface area contributed by atoms with Crippen molar-refractivity contribution < 1.29 is 14.6 Å². The van der Waals surface area contributed by atoms with Crippen molar-refractivity contribution in [3.05, 3.63) is 29.8 Å². The van der Waals surface area contributed by atoms with Gasteiger partial charge < -0.3 is 15.2 Å². The van der Waals surface area contributed by atoms with Crippen molar-refractivity contribution in [3.63, 3.8) is 0 Å². The van der Waals surface area contributed by atoms with E-state index in [1.807, 2.05) is 31.2 Å². The summed E-state index contributed by atoms with van der Waals surface area (Å²) in [5, 5.41) is 11.2. The topological polar surface area (TPSA) is 58.6 Å². The summed E-state index contributed by atoms with van der Waals surface area (Å²) >= 11 is 0. The van der Waals surface area contributed by atoms with Gasteiger partial charge in [0.25, 0.3) is 0 Å². The number of amides is 1. The Balaban J connectivity index is 2.07. The zero-order valence-corrected chi connectivity index (χ0v) is 10.8. The fraction of sp³-hybridized carbons (Fsp3) is 0.500. The van der Waals surface area contributed by atoms with Crippen LogP contribution >= 0.6 is 0 Å². The molecule has 0 aliphatic heterocycles. The van der Waals surface area contributed by atoms with Gasteiger partial charge in [0.2, 0.25) is 5.91 Å². The number of nitrogens with one attached hydrogen (secondary N) is 1. The molecule has 4 heteroatoms. The Labute approximate surface area is 108 Å². The smallest absolute Gasteiger partial charge is 0.220 e. The number of aliphatic hydroxyl groups excluding tert-OH is 1. The molecule has 0 heterocycles. The quantitative estimate of drug-likeness (QED) is 0.691. The van der Waals surface area contributed by atoms with E-state index in [-0.39, 0.29) is 12.5 Å². The van der Waals surface area contributed by atoms with Crippen molar-refractivity contribution in [1.82, 2.24) is 5.32 Å². The first-order valence-electron chi connectivity index (χ1n) is 6.29. The Morgan fingerprint density at radius 2 is 2.22 bits per heavy atom. The van der Waals surface area contributed by atoms with Crippen LogP contribution in [0.5, 0.6) is 5.75 Å². The second kappa shape index (κ2) is 8.53. The maximum atomic E-state index is 11.2. The molecule has 4 nitrogen and oxygen atoms in total. The highest BCUT2D eigenvalue weighted by Crippen LogP contribution is 2.12. The minimum atomic E-state index is -0.0143. The number of benzene rings is 1. The number of unbranched alkanes of at least 4 members (excludes halogenated alkanes) is 1. The number of carbonyl (C=O) groups excluding carboxylic acids is 1. The summed E-state index contributed by atoms with van der Waals surface area (Å²) in [5.74, 6) is 0.860. The van der Waals surface area contributed by atoms with Crippen LogP contribution in [-0.4, -0.2) is 30.8 Å². The van der Waals surface area contributed by atoms with E-state index in [9.17, 15) is 4.79 Å². The maximum Gasteiger partial charge on any atom is 0.220 e. The van der Waals surface area contributed by atoms with E-state index in [1.54, 1.807) is 0 Å². The van der Waals surface area contributed by atoms with E-state index in [4.69, 9.17) is 9.84 Å². The van der Waals surface area contributed by atoms with Gasteiger partial charge >= 0.3 is 0 Å². The van der Waals surface area contributed by atoms with Gasteiger partial charge in [0.15, 0.2) is 0 Å². The van der Waals surface area contributed by atoms with Crippen LogP contribution in [0.25, 0.3) is 0 Å².